The predicted octanol–water partition coefficient (Wildman–Crippen LogP) is 3.81. The first-order valence-corrected chi connectivity index (χ1v) is 6.75. The van der Waals surface area contributed by atoms with Gasteiger partial charge in [0.25, 0.3) is 0 Å². The molecule has 0 aliphatic heterocycles. The second-order valence-electron chi connectivity index (χ2n) is 4.89. The van der Waals surface area contributed by atoms with Crippen molar-refractivity contribution in [3.05, 3.63) is 77.9 Å². The summed E-state index contributed by atoms with van der Waals surface area (Å²) >= 11 is 0. The standard InChI is InChI=1S/C17H13FN2O2/c18-14-8-6-13(7-9-14)15-11-20(17(21)22)19-16(15)10-12-4-2-1-3-5-12/h1-9,11H,10H2,(H,21,22). The lowest BCUT2D eigenvalue weighted by atomic mass is 10.0. The molecule has 0 radical (unpaired) electrons. The Labute approximate surface area is 126 Å². The van der Waals surface area contributed by atoms with Crippen molar-refractivity contribution in [1.82, 2.24) is 9.78 Å². The molecule has 0 aliphatic rings. The van der Waals surface area contributed by atoms with Crippen LogP contribution in [0.3, 0.4) is 0 Å². The molecule has 0 bridgehead atoms. The second-order valence-corrected chi connectivity index (χ2v) is 4.89. The Balaban J connectivity index is 2.04. The van der Waals surface area contributed by atoms with Crippen molar-refractivity contribution in [1.29, 1.82) is 0 Å². The van der Waals surface area contributed by atoms with Gasteiger partial charge in [0.2, 0.25) is 0 Å². The lowest BCUT2D eigenvalue weighted by molar-refractivity contribution is 0.192. The molecule has 0 aliphatic carbocycles. The molecule has 110 valence electrons. The van der Waals surface area contributed by atoms with E-state index in [2.05, 4.69) is 5.10 Å². The average Bonchev–Trinajstić information content (AvgIpc) is 2.93. The SMILES string of the molecule is O=C(O)n1cc(-c2ccc(F)cc2)c(Cc2ccccc2)n1. The van der Waals surface area contributed by atoms with Gasteiger partial charge in [-0.05, 0) is 23.3 Å². The lowest BCUT2D eigenvalue weighted by Crippen LogP contribution is -2.08. The highest BCUT2D eigenvalue weighted by atomic mass is 19.1. The molecule has 22 heavy (non-hydrogen) atoms. The fourth-order valence-electron chi connectivity index (χ4n) is 2.30. The average molecular weight is 296 g/mol. The van der Waals surface area contributed by atoms with Gasteiger partial charge in [-0.15, -0.1) is 0 Å². The van der Waals surface area contributed by atoms with Gasteiger partial charge in [-0.1, -0.05) is 42.5 Å². The largest absolute Gasteiger partial charge is 0.463 e. The Hall–Kier alpha value is -2.95. The molecule has 0 unspecified atom stereocenters. The molecule has 0 saturated heterocycles. The highest BCUT2D eigenvalue weighted by molar-refractivity contribution is 5.72. The van der Waals surface area contributed by atoms with E-state index in [-0.39, 0.29) is 5.82 Å². The number of carbonyl (C=O) groups is 1. The second kappa shape index (κ2) is 5.81. The zero-order valence-electron chi connectivity index (χ0n) is 11.6. The van der Waals surface area contributed by atoms with E-state index in [0.717, 1.165) is 15.8 Å². The van der Waals surface area contributed by atoms with Crippen molar-refractivity contribution in [3.63, 3.8) is 0 Å². The molecule has 3 aromatic rings. The van der Waals surface area contributed by atoms with Crippen LogP contribution in [0.4, 0.5) is 9.18 Å². The van der Waals surface area contributed by atoms with E-state index in [4.69, 9.17) is 5.11 Å². The van der Waals surface area contributed by atoms with E-state index < -0.39 is 6.09 Å². The summed E-state index contributed by atoms with van der Waals surface area (Å²) in [7, 11) is 0. The highest BCUT2D eigenvalue weighted by Crippen LogP contribution is 2.25. The number of hydrogen-bond donors (Lipinski definition) is 1. The minimum Gasteiger partial charge on any atom is -0.463 e. The molecular weight excluding hydrogens is 283 g/mol. The van der Waals surface area contributed by atoms with Crippen LogP contribution in [0.15, 0.2) is 60.8 Å². The Kier molecular flexibility index (Phi) is 3.70. The maximum Gasteiger partial charge on any atom is 0.432 e. The highest BCUT2D eigenvalue weighted by Gasteiger charge is 2.14. The molecule has 5 heteroatoms. The molecule has 1 N–H and O–H groups in total. The monoisotopic (exact) mass is 296 g/mol. The van der Waals surface area contributed by atoms with Crippen LogP contribution in [-0.2, 0) is 6.42 Å². The lowest BCUT2D eigenvalue weighted by Gasteiger charge is -2.03. The van der Waals surface area contributed by atoms with Crippen LogP contribution in [0.25, 0.3) is 11.1 Å². The van der Waals surface area contributed by atoms with Gasteiger partial charge < -0.3 is 5.11 Å². The third kappa shape index (κ3) is 2.88. The fraction of sp³-hybridized carbons (Fsp3) is 0.0588. The van der Waals surface area contributed by atoms with E-state index in [9.17, 15) is 9.18 Å². The van der Waals surface area contributed by atoms with Gasteiger partial charge in [0.1, 0.15) is 5.82 Å². The van der Waals surface area contributed by atoms with Crippen molar-refractivity contribution in [2.24, 2.45) is 0 Å². The number of nitrogens with zero attached hydrogens (tertiary/aromatic N) is 2. The summed E-state index contributed by atoms with van der Waals surface area (Å²) in [6, 6.07) is 15.6. The molecule has 3 rings (SSSR count). The van der Waals surface area contributed by atoms with Crippen LogP contribution in [0.5, 0.6) is 0 Å². The van der Waals surface area contributed by atoms with E-state index in [1.807, 2.05) is 30.3 Å². The van der Waals surface area contributed by atoms with Gasteiger partial charge in [-0.3, -0.25) is 0 Å². The van der Waals surface area contributed by atoms with Gasteiger partial charge in [0.15, 0.2) is 0 Å². The van der Waals surface area contributed by atoms with Crippen LogP contribution in [0.2, 0.25) is 0 Å². The number of rotatable bonds is 3. The Morgan fingerprint density at radius 3 is 2.41 bits per heavy atom. The normalized spacial score (nSPS) is 10.6. The molecule has 0 spiro atoms. The summed E-state index contributed by atoms with van der Waals surface area (Å²) in [5, 5.41) is 13.2. The van der Waals surface area contributed by atoms with Crippen molar-refractivity contribution < 1.29 is 14.3 Å². The number of halogens is 1. The predicted molar refractivity (Wildman–Crippen MR) is 80.3 cm³/mol. The van der Waals surface area contributed by atoms with Crippen LogP contribution in [0, 0.1) is 5.82 Å². The summed E-state index contributed by atoms with van der Waals surface area (Å²) in [5.41, 5.74) is 3.09. The zero-order chi connectivity index (χ0) is 15.5. The van der Waals surface area contributed by atoms with Crippen LogP contribution < -0.4 is 0 Å². The first-order chi connectivity index (χ1) is 10.6. The molecular formula is C17H13FN2O2. The topological polar surface area (TPSA) is 55.1 Å². The van der Waals surface area contributed by atoms with E-state index >= 15 is 0 Å². The van der Waals surface area contributed by atoms with Crippen LogP contribution in [0.1, 0.15) is 11.3 Å². The number of hydrogen-bond acceptors (Lipinski definition) is 2. The first kappa shape index (κ1) is 14.0. The molecule has 1 aromatic heterocycles. The molecule has 4 nitrogen and oxygen atoms in total. The Morgan fingerprint density at radius 1 is 1.09 bits per heavy atom. The smallest absolute Gasteiger partial charge is 0.432 e. The Morgan fingerprint density at radius 2 is 1.77 bits per heavy atom. The number of aromatic nitrogens is 2. The molecule has 1 heterocycles. The third-order valence-electron chi connectivity index (χ3n) is 3.36. The fourth-order valence-corrected chi connectivity index (χ4v) is 2.30. The molecule has 0 fully saturated rings. The molecule has 2 aromatic carbocycles. The van der Waals surface area contributed by atoms with E-state index in [1.165, 1.54) is 18.3 Å². The maximum absolute atomic E-state index is 13.1. The van der Waals surface area contributed by atoms with E-state index in [0.29, 0.717) is 17.7 Å². The minimum absolute atomic E-state index is 0.334. The van der Waals surface area contributed by atoms with Gasteiger partial charge in [0, 0.05) is 18.2 Å². The van der Waals surface area contributed by atoms with Crippen molar-refractivity contribution >= 4 is 6.09 Å². The Bertz CT molecular complexity index is 795. The van der Waals surface area contributed by atoms with Gasteiger partial charge in [-0.2, -0.15) is 9.78 Å². The summed E-state index contributed by atoms with van der Waals surface area (Å²) in [4.78, 5) is 11.1. The maximum atomic E-state index is 13.1. The quantitative estimate of drug-likeness (QED) is 0.799. The number of carboxylic acid groups (broad SMARTS) is 1. The summed E-state index contributed by atoms with van der Waals surface area (Å²) in [6.45, 7) is 0. The van der Waals surface area contributed by atoms with Crippen molar-refractivity contribution in [3.8, 4) is 11.1 Å². The van der Waals surface area contributed by atoms with Crippen molar-refractivity contribution in [2.45, 2.75) is 6.42 Å². The van der Waals surface area contributed by atoms with Gasteiger partial charge in [0.05, 0.1) is 5.69 Å². The molecule has 0 atom stereocenters. The summed E-state index contributed by atoms with van der Waals surface area (Å²) in [5.74, 6) is -0.334. The van der Waals surface area contributed by atoms with Crippen LogP contribution >= 0.6 is 0 Å². The molecule has 0 amide bonds. The van der Waals surface area contributed by atoms with E-state index in [1.54, 1.807) is 12.1 Å². The van der Waals surface area contributed by atoms with Crippen LogP contribution in [-0.4, -0.2) is 21.0 Å². The molecule has 0 saturated carbocycles. The number of benzene rings is 2. The summed E-state index contributed by atoms with van der Waals surface area (Å²) in [6.07, 6.45) is 0.810. The van der Waals surface area contributed by atoms with Gasteiger partial charge in [-0.25, -0.2) is 9.18 Å². The summed E-state index contributed by atoms with van der Waals surface area (Å²) < 4.78 is 14.0. The van der Waals surface area contributed by atoms with Crippen molar-refractivity contribution in [2.75, 3.05) is 0 Å². The first-order valence-electron chi connectivity index (χ1n) is 6.75. The van der Waals surface area contributed by atoms with Gasteiger partial charge >= 0.3 is 6.09 Å². The zero-order valence-corrected chi connectivity index (χ0v) is 11.6. The third-order valence-corrected chi connectivity index (χ3v) is 3.36. The minimum atomic E-state index is -1.15.